The van der Waals surface area contributed by atoms with Crippen molar-refractivity contribution in [2.45, 2.75) is 0 Å². The van der Waals surface area contributed by atoms with Crippen molar-refractivity contribution in [1.29, 1.82) is 0 Å². The van der Waals surface area contributed by atoms with Crippen molar-refractivity contribution in [1.82, 2.24) is 9.97 Å². The van der Waals surface area contributed by atoms with Crippen LogP contribution in [0.4, 0.5) is 0 Å². The first kappa shape index (κ1) is 11.7. The van der Waals surface area contributed by atoms with Crippen molar-refractivity contribution < 1.29 is 9.59 Å². The molecule has 19 heavy (non-hydrogen) atoms. The Kier molecular flexibility index (Phi) is 2.72. The number of benzene rings is 1. The molecular weight excluding hydrogens is 264 g/mol. The molecule has 92 valence electrons. The van der Waals surface area contributed by atoms with Crippen LogP contribution in [0.3, 0.4) is 0 Å². The van der Waals surface area contributed by atoms with E-state index in [0.29, 0.717) is 22.3 Å². The lowest BCUT2D eigenvalue weighted by Gasteiger charge is -2.14. The third-order valence-electron chi connectivity index (χ3n) is 2.89. The number of allylic oxidation sites excluding steroid dienone is 2. The minimum atomic E-state index is -0.207. The van der Waals surface area contributed by atoms with E-state index in [4.69, 9.17) is 11.6 Å². The van der Waals surface area contributed by atoms with Gasteiger partial charge in [0.2, 0.25) is 5.28 Å². The quantitative estimate of drug-likeness (QED) is 0.747. The molecule has 0 spiro atoms. The summed E-state index contributed by atoms with van der Waals surface area (Å²) < 4.78 is 0. The van der Waals surface area contributed by atoms with Crippen molar-refractivity contribution >= 4 is 28.7 Å². The second-order valence-electron chi connectivity index (χ2n) is 4.04. The van der Waals surface area contributed by atoms with Crippen LogP contribution in [-0.2, 0) is 0 Å². The highest BCUT2D eigenvalue weighted by molar-refractivity contribution is 6.38. The number of halogens is 1. The second-order valence-corrected chi connectivity index (χ2v) is 4.38. The summed E-state index contributed by atoms with van der Waals surface area (Å²) in [7, 11) is 0. The molecule has 0 atom stereocenters. The molecule has 0 saturated heterocycles. The van der Waals surface area contributed by atoms with Crippen LogP contribution in [-0.4, -0.2) is 21.5 Å². The summed E-state index contributed by atoms with van der Waals surface area (Å²) in [6.45, 7) is 0. The topological polar surface area (TPSA) is 59.9 Å². The summed E-state index contributed by atoms with van der Waals surface area (Å²) in [4.78, 5) is 32.0. The van der Waals surface area contributed by atoms with Gasteiger partial charge in [0.15, 0.2) is 11.6 Å². The van der Waals surface area contributed by atoms with Gasteiger partial charge in [-0.3, -0.25) is 9.59 Å². The van der Waals surface area contributed by atoms with Crippen molar-refractivity contribution in [2.24, 2.45) is 0 Å². The molecule has 0 N–H and O–H groups in total. The summed E-state index contributed by atoms with van der Waals surface area (Å²) in [6.07, 6.45) is 4.18. The standard InChI is InChI=1S/C14H7ClN2O2/c15-14-16-6-8(7-17-14)11-5-12(18)9-3-1-2-4-10(9)13(11)19/h1-7H. The van der Waals surface area contributed by atoms with Crippen LogP contribution < -0.4 is 0 Å². The van der Waals surface area contributed by atoms with E-state index in [0.717, 1.165) is 0 Å². The second kappa shape index (κ2) is 4.40. The highest BCUT2D eigenvalue weighted by Crippen LogP contribution is 2.27. The van der Waals surface area contributed by atoms with Crippen LogP contribution in [0.1, 0.15) is 26.3 Å². The van der Waals surface area contributed by atoms with Crippen molar-refractivity contribution in [2.75, 3.05) is 0 Å². The fourth-order valence-electron chi connectivity index (χ4n) is 1.98. The predicted octanol–water partition coefficient (Wildman–Crippen LogP) is 2.59. The lowest BCUT2D eigenvalue weighted by Crippen LogP contribution is -2.16. The van der Waals surface area contributed by atoms with Gasteiger partial charge in [0.1, 0.15) is 0 Å². The van der Waals surface area contributed by atoms with E-state index >= 15 is 0 Å². The van der Waals surface area contributed by atoms with E-state index in [1.54, 1.807) is 24.3 Å². The molecule has 0 radical (unpaired) electrons. The van der Waals surface area contributed by atoms with E-state index < -0.39 is 0 Å². The molecule has 0 amide bonds. The number of carbonyl (C=O) groups is 2. The molecule has 4 nitrogen and oxygen atoms in total. The Morgan fingerprint density at radius 1 is 0.947 bits per heavy atom. The number of carbonyl (C=O) groups excluding carboxylic acids is 2. The van der Waals surface area contributed by atoms with Gasteiger partial charge in [-0.1, -0.05) is 24.3 Å². The van der Waals surface area contributed by atoms with Crippen molar-refractivity contribution in [3.63, 3.8) is 0 Å². The zero-order valence-electron chi connectivity index (χ0n) is 9.63. The van der Waals surface area contributed by atoms with E-state index in [2.05, 4.69) is 9.97 Å². The maximum Gasteiger partial charge on any atom is 0.222 e. The number of hydrogen-bond donors (Lipinski definition) is 0. The average molecular weight is 271 g/mol. The summed E-state index contributed by atoms with van der Waals surface area (Å²) in [5, 5.41) is 0.0966. The Bertz CT molecular complexity index is 720. The molecule has 1 heterocycles. The number of hydrogen-bond acceptors (Lipinski definition) is 4. The van der Waals surface area contributed by atoms with Gasteiger partial charge in [0, 0.05) is 34.7 Å². The van der Waals surface area contributed by atoms with Crippen LogP contribution in [0, 0.1) is 0 Å². The molecule has 1 aliphatic rings. The molecule has 2 aromatic rings. The molecule has 0 aliphatic heterocycles. The molecule has 0 fully saturated rings. The van der Waals surface area contributed by atoms with Gasteiger partial charge in [-0.2, -0.15) is 0 Å². The van der Waals surface area contributed by atoms with Crippen LogP contribution in [0.5, 0.6) is 0 Å². The van der Waals surface area contributed by atoms with E-state index in [1.807, 2.05) is 0 Å². The van der Waals surface area contributed by atoms with E-state index in [1.165, 1.54) is 18.5 Å². The smallest absolute Gasteiger partial charge is 0.222 e. The lowest BCUT2D eigenvalue weighted by molar-refractivity contribution is 0.100. The van der Waals surface area contributed by atoms with Crippen molar-refractivity contribution in [3.05, 3.63) is 64.7 Å². The molecule has 0 saturated carbocycles. The number of aromatic nitrogens is 2. The van der Waals surface area contributed by atoms with Gasteiger partial charge in [-0.25, -0.2) is 9.97 Å². The first-order valence-corrected chi connectivity index (χ1v) is 5.92. The summed E-state index contributed by atoms with van der Waals surface area (Å²) in [6, 6.07) is 6.74. The molecule has 1 aliphatic carbocycles. The minimum Gasteiger partial charge on any atom is -0.289 e. The largest absolute Gasteiger partial charge is 0.289 e. The normalized spacial score (nSPS) is 14.1. The van der Waals surface area contributed by atoms with Crippen LogP contribution >= 0.6 is 11.6 Å². The number of ketones is 2. The Labute approximate surface area is 113 Å². The average Bonchev–Trinajstić information content (AvgIpc) is 2.44. The SMILES string of the molecule is O=C1C=C(c2cnc(Cl)nc2)C(=O)c2ccccc21. The molecule has 1 aromatic heterocycles. The summed E-state index contributed by atoms with van der Waals surface area (Å²) in [5.41, 5.74) is 1.60. The third-order valence-corrected chi connectivity index (χ3v) is 3.08. The predicted molar refractivity (Wildman–Crippen MR) is 70.1 cm³/mol. The first-order chi connectivity index (χ1) is 9.16. The van der Waals surface area contributed by atoms with Crippen LogP contribution in [0.15, 0.2) is 42.7 Å². The zero-order chi connectivity index (χ0) is 13.4. The Balaban J connectivity index is 2.13. The first-order valence-electron chi connectivity index (χ1n) is 5.54. The fourth-order valence-corrected chi connectivity index (χ4v) is 2.08. The molecule has 0 bridgehead atoms. The number of rotatable bonds is 1. The van der Waals surface area contributed by atoms with E-state index in [9.17, 15) is 9.59 Å². The number of fused-ring (bicyclic) bond motifs is 1. The molecular formula is C14H7ClN2O2. The Morgan fingerprint density at radius 3 is 2.26 bits per heavy atom. The van der Waals surface area contributed by atoms with Gasteiger partial charge in [0.25, 0.3) is 0 Å². The molecule has 3 rings (SSSR count). The summed E-state index contributed by atoms with van der Waals surface area (Å²) >= 11 is 5.60. The van der Waals surface area contributed by atoms with Gasteiger partial charge < -0.3 is 0 Å². The van der Waals surface area contributed by atoms with Crippen LogP contribution in [0.25, 0.3) is 5.57 Å². The lowest BCUT2D eigenvalue weighted by atomic mass is 9.87. The number of nitrogens with zero attached hydrogens (tertiary/aromatic N) is 2. The van der Waals surface area contributed by atoms with Crippen molar-refractivity contribution in [3.8, 4) is 0 Å². The summed E-state index contributed by atoms with van der Waals surface area (Å²) in [5.74, 6) is -0.402. The van der Waals surface area contributed by atoms with Gasteiger partial charge >= 0.3 is 0 Å². The Morgan fingerprint density at radius 2 is 1.58 bits per heavy atom. The van der Waals surface area contributed by atoms with Gasteiger partial charge in [-0.05, 0) is 17.7 Å². The highest BCUT2D eigenvalue weighted by atomic mass is 35.5. The maximum atomic E-state index is 12.3. The van der Waals surface area contributed by atoms with E-state index in [-0.39, 0.29) is 16.9 Å². The van der Waals surface area contributed by atoms with Gasteiger partial charge in [-0.15, -0.1) is 0 Å². The number of Topliss-reactive ketones (excluding diaryl/α,β-unsaturated/α-hetero) is 1. The minimum absolute atomic E-state index is 0.0966. The third kappa shape index (κ3) is 1.96. The maximum absolute atomic E-state index is 12.3. The molecule has 0 unspecified atom stereocenters. The van der Waals surface area contributed by atoms with Gasteiger partial charge in [0.05, 0.1) is 0 Å². The molecule has 5 heteroatoms. The fraction of sp³-hybridized carbons (Fsp3) is 0. The monoisotopic (exact) mass is 270 g/mol. The Hall–Kier alpha value is -2.33. The molecule has 1 aromatic carbocycles. The zero-order valence-corrected chi connectivity index (χ0v) is 10.4. The highest BCUT2D eigenvalue weighted by Gasteiger charge is 2.26. The van der Waals surface area contributed by atoms with Crippen LogP contribution in [0.2, 0.25) is 5.28 Å².